The number of carbonyl (C=O) groups is 1. The number of ether oxygens (including phenoxy) is 2. The minimum Gasteiger partial charge on any atom is -0.394 e. The van der Waals surface area contributed by atoms with Crippen molar-refractivity contribution in [3.05, 3.63) is 12.2 Å². The number of hydrogen-bond acceptors (Lipinski definition) is 10. The number of rotatable bonds is 60. The molecule has 0 aromatic carbocycles. The molecule has 0 aromatic rings. The van der Waals surface area contributed by atoms with Crippen LogP contribution in [0.4, 0.5) is 0 Å². The number of aliphatic hydroxyl groups is 7. The fourth-order valence-electron chi connectivity index (χ4n) is 11.3. The lowest BCUT2D eigenvalue weighted by atomic mass is 9.98. The monoisotopic (exact) mass is 1110 g/mol. The lowest BCUT2D eigenvalue weighted by molar-refractivity contribution is -0.303. The zero-order valence-corrected chi connectivity index (χ0v) is 51.2. The van der Waals surface area contributed by atoms with Crippen molar-refractivity contribution in [2.75, 3.05) is 13.2 Å². The molecule has 1 aliphatic rings. The molecule has 0 saturated carbocycles. The molecule has 78 heavy (non-hydrogen) atoms. The third kappa shape index (κ3) is 43.5. The zero-order chi connectivity index (χ0) is 56.8. The van der Waals surface area contributed by atoms with Crippen LogP contribution in [-0.4, -0.2) is 110 Å². The van der Waals surface area contributed by atoms with Gasteiger partial charge in [-0.3, -0.25) is 4.79 Å². The van der Waals surface area contributed by atoms with Gasteiger partial charge in [-0.25, -0.2) is 0 Å². The second kappa shape index (κ2) is 56.3. The fourth-order valence-corrected chi connectivity index (χ4v) is 11.3. The van der Waals surface area contributed by atoms with E-state index in [0.29, 0.717) is 12.8 Å². The fraction of sp³-hybridized carbons (Fsp3) is 0.955. The molecule has 1 heterocycles. The normalized spacial score (nSPS) is 19.4. The van der Waals surface area contributed by atoms with Gasteiger partial charge in [0.15, 0.2) is 6.29 Å². The van der Waals surface area contributed by atoms with E-state index in [1.807, 2.05) is 0 Å². The number of hydrogen-bond donors (Lipinski definition) is 8. The summed E-state index contributed by atoms with van der Waals surface area (Å²) in [6.45, 7) is 3.50. The summed E-state index contributed by atoms with van der Waals surface area (Å²) in [7, 11) is 0. The van der Waals surface area contributed by atoms with Crippen molar-refractivity contribution in [1.29, 1.82) is 0 Å². The summed E-state index contributed by atoms with van der Waals surface area (Å²) in [6.07, 6.45) is 57.2. The highest BCUT2D eigenvalue weighted by Gasteiger charge is 2.44. The Bertz CT molecular complexity index is 1270. The van der Waals surface area contributed by atoms with E-state index in [9.17, 15) is 40.5 Å². The van der Waals surface area contributed by atoms with Crippen molar-refractivity contribution in [3.8, 4) is 0 Å². The first-order valence-electron chi connectivity index (χ1n) is 34.1. The Morgan fingerprint density at radius 3 is 1.10 bits per heavy atom. The third-order valence-corrected chi connectivity index (χ3v) is 16.8. The van der Waals surface area contributed by atoms with Crippen LogP contribution in [-0.2, 0) is 14.3 Å². The van der Waals surface area contributed by atoms with Gasteiger partial charge in [-0.05, 0) is 38.5 Å². The summed E-state index contributed by atoms with van der Waals surface area (Å²) in [5.74, 6) is -0.698. The first kappa shape index (κ1) is 74.9. The molecule has 1 fully saturated rings. The maximum Gasteiger partial charge on any atom is 0.249 e. The van der Waals surface area contributed by atoms with E-state index >= 15 is 0 Å². The minimum absolute atomic E-state index is 0.260. The topological polar surface area (TPSA) is 189 Å². The quantitative estimate of drug-likeness (QED) is 0.0215. The number of allylic oxidation sites excluding steroid dienone is 2. The van der Waals surface area contributed by atoms with Crippen LogP contribution in [0.2, 0.25) is 0 Å². The van der Waals surface area contributed by atoms with Gasteiger partial charge in [0.2, 0.25) is 5.91 Å². The van der Waals surface area contributed by atoms with E-state index in [0.717, 1.165) is 38.5 Å². The molecule has 1 rings (SSSR count). The Kier molecular flexibility index (Phi) is 54.1. The molecule has 0 radical (unpaired) electrons. The molecule has 0 spiro atoms. The predicted molar refractivity (Wildman–Crippen MR) is 326 cm³/mol. The van der Waals surface area contributed by atoms with Crippen molar-refractivity contribution in [2.45, 2.75) is 396 Å². The Morgan fingerprint density at radius 2 is 0.756 bits per heavy atom. The Morgan fingerprint density at radius 1 is 0.436 bits per heavy atom. The average molecular weight is 1110 g/mol. The SMILES string of the molecule is CCCCCCCCCCCCCCCCCCCCCC/C=C/CCCC(O)C(O)C(COC1OC(CO)C(O)C(O)C1O)NC(=O)C(O)CCCCCCCCCCCCCCCCCCCCCCCCCCCC. The van der Waals surface area contributed by atoms with Gasteiger partial charge in [0.1, 0.15) is 36.6 Å². The van der Waals surface area contributed by atoms with E-state index < -0.39 is 74.2 Å². The average Bonchev–Trinajstić information content (AvgIpc) is 3.46. The largest absolute Gasteiger partial charge is 0.394 e. The van der Waals surface area contributed by atoms with Gasteiger partial charge in [-0.2, -0.15) is 0 Å². The second-order valence-corrected chi connectivity index (χ2v) is 24.3. The highest BCUT2D eigenvalue weighted by Crippen LogP contribution is 2.24. The smallest absolute Gasteiger partial charge is 0.249 e. The third-order valence-electron chi connectivity index (χ3n) is 16.8. The van der Waals surface area contributed by atoms with Gasteiger partial charge < -0.3 is 50.5 Å². The Hall–Kier alpha value is -1.15. The van der Waals surface area contributed by atoms with Crippen molar-refractivity contribution < 1.29 is 50.0 Å². The number of carbonyl (C=O) groups excluding carboxylic acids is 1. The van der Waals surface area contributed by atoms with Crippen LogP contribution in [0.5, 0.6) is 0 Å². The maximum absolute atomic E-state index is 13.2. The summed E-state index contributed by atoms with van der Waals surface area (Å²) in [6, 6.07) is -1.18. The molecule has 0 aliphatic carbocycles. The summed E-state index contributed by atoms with van der Waals surface area (Å²) in [5, 5.41) is 76.4. The number of aliphatic hydroxyl groups excluding tert-OH is 7. The molecule has 0 bridgehead atoms. The minimum atomic E-state index is -1.67. The molecular formula is C67H131NO10. The number of nitrogens with one attached hydrogen (secondary N) is 1. The summed E-state index contributed by atoms with van der Waals surface area (Å²) < 4.78 is 11.2. The molecule has 11 heteroatoms. The summed E-state index contributed by atoms with van der Waals surface area (Å²) in [5.41, 5.74) is 0. The Labute approximate surface area is 481 Å². The molecular weight excluding hydrogens is 979 g/mol. The van der Waals surface area contributed by atoms with Crippen LogP contribution < -0.4 is 5.32 Å². The molecule has 464 valence electrons. The van der Waals surface area contributed by atoms with E-state index in [2.05, 4.69) is 31.3 Å². The van der Waals surface area contributed by atoms with Gasteiger partial charge in [0.25, 0.3) is 0 Å². The summed E-state index contributed by atoms with van der Waals surface area (Å²) in [4.78, 5) is 13.2. The van der Waals surface area contributed by atoms with Gasteiger partial charge in [-0.1, -0.05) is 315 Å². The first-order valence-corrected chi connectivity index (χ1v) is 34.1. The van der Waals surface area contributed by atoms with E-state index in [-0.39, 0.29) is 12.8 Å². The van der Waals surface area contributed by atoms with Gasteiger partial charge in [-0.15, -0.1) is 0 Å². The highest BCUT2D eigenvalue weighted by atomic mass is 16.7. The molecule has 11 nitrogen and oxygen atoms in total. The highest BCUT2D eigenvalue weighted by molar-refractivity contribution is 5.80. The van der Waals surface area contributed by atoms with Crippen LogP contribution in [0.25, 0.3) is 0 Å². The van der Waals surface area contributed by atoms with Crippen LogP contribution in [0.3, 0.4) is 0 Å². The standard InChI is InChI=1S/C67H131NO10/c1-3-5-7-9-11-13-15-17-19-21-23-25-27-29-31-33-35-37-39-41-43-45-47-49-51-53-55-60(71)66(76)68-58(57-77-67-65(75)64(74)63(73)61(56-69)78-67)62(72)59(70)54-52-50-48-46-44-42-40-38-36-34-32-30-28-26-24-22-20-18-16-14-12-10-8-6-4-2/h46,48,58-65,67,69-75H,3-45,47,49-57H2,1-2H3,(H,68,76)/b48-46+. The molecule has 8 N–H and O–H groups in total. The Balaban J connectivity index is 2.23. The van der Waals surface area contributed by atoms with Crippen LogP contribution in [0.15, 0.2) is 12.2 Å². The first-order chi connectivity index (χ1) is 38.2. The van der Waals surface area contributed by atoms with Crippen molar-refractivity contribution >= 4 is 5.91 Å². The molecule has 1 saturated heterocycles. The van der Waals surface area contributed by atoms with E-state index in [1.54, 1.807) is 0 Å². The van der Waals surface area contributed by atoms with Gasteiger partial charge in [0, 0.05) is 0 Å². The van der Waals surface area contributed by atoms with Crippen molar-refractivity contribution in [3.63, 3.8) is 0 Å². The van der Waals surface area contributed by atoms with Crippen LogP contribution in [0, 0.1) is 0 Å². The molecule has 9 atom stereocenters. The number of amides is 1. The lowest BCUT2D eigenvalue weighted by Gasteiger charge is -2.40. The molecule has 1 amide bonds. The van der Waals surface area contributed by atoms with E-state index in [1.165, 1.54) is 263 Å². The van der Waals surface area contributed by atoms with Gasteiger partial charge in [0.05, 0.1) is 25.4 Å². The van der Waals surface area contributed by atoms with Gasteiger partial charge >= 0.3 is 0 Å². The summed E-state index contributed by atoms with van der Waals surface area (Å²) >= 11 is 0. The zero-order valence-electron chi connectivity index (χ0n) is 51.2. The van der Waals surface area contributed by atoms with Crippen molar-refractivity contribution in [2.24, 2.45) is 0 Å². The maximum atomic E-state index is 13.2. The van der Waals surface area contributed by atoms with Crippen molar-refractivity contribution in [1.82, 2.24) is 5.32 Å². The van der Waals surface area contributed by atoms with Crippen LogP contribution in [0.1, 0.15) is 341 Å². The molecule has 9 unspecified atom stereocenters. The lowest BCUT2D eigenvalue weighted by Crippen LogP contribution is -2.60. The number of unbranched alkanes of at least 4 members (excludes halogenated alkanes) is 46. The molecule has 0 aromatic heterocycles. The molecule has 1 aliphatic heterocycles. The second-order valence-electron chi connectivity index (χ2n) is 24.3. The van der Waals surface area contributed by atoms with E-state index in [4.69, 9.17) is 9.47 Å². The van der Waals surface area contributed by atoms with Crippen LogP contribution >= 0.6 is 0 Å². The predicted octanol–water partition coefficient (Wildman–Crippen LogP) is 15.9.